The number of guanidine groups is 1. The van der Waals surface area contributed by atoms with Gasteiger partial charge in [0.2, 0.25) is 5.89 Å². The molecule has 2 rings (SSSR count). The number of aryl methyl sites for hydroxylation is 1. The lowest BCUT2D eigenvalue weighted by Gasteiger charge is -2.34. The van der Waals surface area contributed by atoms with E-state index in [-0.39, 0.29) is 0 Å². The smallest absolute Gasteiger partial charge is 0.228 e. The third kappa shape index (κ3) is 6.11. The minimum Gasteiger partial charge on any atom is -0.357 e. The zero-order valence-electron chi connectivity index (χ0n) is 15.3. The van der Waals surface area contributed by atoms with E-state index in [0.717, 1.165) is 38.2 Å². The van der Waals surface area contributed by atoms with Gasteiger partial charge < -0.3 is 15.2 Å². The van der Waals surface area contributed by atoms with Crippen LogP contribution < -0.4 is 10.6 Å². The Bertz CT molecular complexity index is 501. The molecule has 0 spiro atoms. The zero-order valence-corrected chi connectivity index (χ0v) is 15.3. The maximum absolute atomic E-state index is 5.12. The molecule has 1 aliphatic heterocycles. The molecule has 24 heavy (non-hydrogen) atoms. The maximum atomic E-state index is 5.12. The number of hydrogen-bond acceptors (Lipinski definition) is 5. The zero-order chi connectivity index (χ0) is 17.2. The summed E-state index contributed by atoms with van der Waals surface area (Å²) in [5, 5.41) is 10.4. The summed E-state index contributed by atoms with van der Waals surface area (Å²) in [6.45, 7) is 10.9. The van der Waals surface area contributed by atoms with Gasteiger partial charge in [0.05, 0.1) is 6.54 Å². The molecule has 0 aliphatic carbocycles. The van der Waals surface area contributed by atoms with Crippen LogP contribution in [0.4, 0.5) is 0 Å². The molecule has 1 unspecified atom stereocenters. The highest BCUT2D eigenvalue weighted by atomic mass is 16.5. The Morgan fingerprint density at radius 3 is 2.92 bits per heavy atom. The van der Waals surface area contributed by atoms with Crippen molar-refractivity contribution in [3.63, 3.8) is 0 Å². The van der Waals surface area contributed by atoms with Crippen LogP contribution in [0.15, 0.2) is 9.52 Å². The Labute approximate surface area is 145 Å². The van der Waals surface area contributed by atoms with Crippen LogP contribution >= 0.6 is 0 Å². The lowest BCUT2D eigenvalue weighted by atomic mass is 10.0. The molecular weight excluding hydrogens is 304 g/mol. The summed E-state index contributed by atoms with van der Waals surface area (Å²) in [6.07, 6.45) is 5.97. The van der Waals surface area contributed by atoms with Gasteiger partial charge in [0.25, 0.3) is 0 Å². The van der Waals surface area contributed by atoms with Crippen molar-refractivity contribution in [3.05, 3.63) is 11.7 Å². The standard InChI is InChI=1S/C17H32N6O/c1-4-15-8-6-7-12-23(15)13-11-20-17(18-5-2)19-10-9-16-21-14(3)22-24-16/h15H,4-13H2,1-3H3,(H2,18,19,20). The average Bonchev–Trinajstić information content (AvgIpc) is 3.00. The molecule has 0 saturated carbocycles. The summed E-state index contributed by atoms with van der Waals surface area (Å²) in [4.78, 5) is 11.5. The fourth-order valence-corrected chi connectivity index (χ4v) is 3.18. The second-order valence-electron chi connectivity index (χ2n) is 6.27. The van der Waals surface area contributed by atoms with Crippen LogP contribution in [0.25, 0.3) is 0 Å². The highest BCUT2D eigenvalue weighted by Gasteiger charge is 2.19. The van der Waals surface area contributed by atoms with Crippen molar-refractivity contribution in [1.82, 2.24) is 25.7 Å². The van der Waals surface area contributed by atoms with E-state index >= 15 is 0 Å². The normalized spacial score (nSPS) is 19.5. The Balaban J connectivity index is 1.74. The van der Waals surface area contributed by atoms with Crippen LogP contribution in [-0.2, 0) is 6.42 Å². The monoisotopic (exact) mass is 336 g/mol. The first-order valence-corrected chi connectivity index (χ1v) is 9.28. The molecule has 1 atom stereocenters. The molecule has 1 aromatic rings. The van der Waals surface area contributed by atoms with E-state index < -0.39 is 0 Å². The molecule has 2 N–H and O–H groups in total. The number of piperidine rings is 1. The number of nitrogens with one attached hydrogen (secondary N) is 2. The topological polar surface area (TPSA) is 78.6 Å². The first-order chi connectivity index (χ1) is 11.7. The Morgan fingerprint density at radius 1 is 1.33 bits per heavy atom. The van der Waals surface area contributed by atoms with Gasteiger partial charge >= 0.3 is 0 Å². The molecule has 0 radical (unpaired) electrons. The van der Waals surface area contributed by atoms with Crippen molar-refractivity contribution in [2.24, 2.45) is 4.99 Å². The van der Waals surface area contributed by atoms with Crippen molar-refractivity contribution in [1.29, 1.82) is 0 Å². The minimum atomic E-state index is 0.662. The van der Waals surface area contributed by atoms with Gasteiger partial charge in [0, 0.05) is 32.1 Å². The molecule has 7 heteroatoms. The number of aliphatic imine (C=N–C) groups is 1. The number of rotatable bonds is 8. The fourth-order valence-electron chi connectivity index (χ4n) is 3.18. The lowest BCUT2D eigenvalue weighted by Crippen LogP contribution is -2.42. The van der Waals surface area contributed by atoms with Gasteiger partial charge in [0.1, 0.15) is 0 Å². The third-order valence-electron chi connectivity index (χ3n) is 4.42. The Morgan fingerprint density at radius 2 is 2.21 bits per heavy atom. The van der Waals surface area contributed by atoms with E-state index in [1.165, 1.54) is 32.2 Å². The van der Waals surface area contributed by atoms with Crippen molar-refractivity contribution in [2.75, 3.05) is 32.7 Å². The van der Waals surface area contributed by atoms with Crippen LogP contribution in [0.1, 0.15) is 51.2 Å². The second-order valence-corrected chi connectivity index (χ2v) is 6.27. The van der Waals surface area contributed by atoms with Crippen LogP contribution in [-0.4, -0.2) is 59.8 Å². The van der Waals surface area contributed by atoms with Crippen molar-refractivity contribution < 1.29 is 4.52 Å². The summed E-state index contributed by atoms with van der Waals surface area (Å²) in [6, 6.07) is 0.741. The van der Waals surface area contributed by atoms with Crippen molar-refractivity contribution in [3.8, 4) is 0 Å². The molecule has 1 saturated heterocycles. The molecule has 1 aromatic heterocycles. The molecule has 0 aromatic carbocycles. The van der Waals surface area contributed by atoms with Gasteiger partial charge in [-0.2, -0.15) is 4.98 Å². The number of nitrogens with zero attached hydrogens (tertiary/aromatic N) is 4. The van der Waals surface area contributed by atoms with E-state index in [2.05, 4.69) is 39.5 Å². The first kappa shape index (κ1) is 18.7. The Hall–Kier alpha value is -1.63. The summed E-state index contributed by atoms with van der Waals surface area (Å²) in [5.74, 6) is 2.20. The molecule has 0 bridgehead atoms. The Kier molecular flexibility index (Phi) is 8.01. The van der Waals surface area contributed by atoms with Gasteiger partial charge in [0.15, 0.2) is 11.8 Å². The second kappa shape index (κ2) is 10.3. The highest BCUT2D eigenvalue weighted by Crippen LogP contribution is 2.18. The van der Waals surface area contributed by atoms with E-state index in [1.54, 1.807) is 0 Å². The molecule has 0 amide bonds. The fraction of sp³-hybridized carbons (Fsp3) is 0.824. The van der Waals surface area contributed by atoms with Gasteiger partial charge in [-0.05, 0) is 39.7 Å². The van der Waals surface area contributed by atoms with Gasteiger partial charge in [-0.1, -0.05) is 18.5 Å². The number of aromatic nitrogens is 2. The van der Waals surface area contributed by atoms with E-state index in [9.17, 15) is 0 Å². The van der Waals surface area contributed by atoms with Crippen molar-refractivity contribution >= 4 is 5.96 Å². The number of hydrogen-bond donors (Lipinski definition) is 2. The van der Waals surface area contributed by atoms with Crippen LogP contribution in [0.2, 0.25) is 0 Å². The van der Waals surface area contributed by atoms with E-state index in [4.69, 9.17) is 9.52 Å². The predicted octanol–water partition coefficient (Wildman–Crippen LogP) is 1.74. The van der Waals surface area contributed by atoms with Crippen LogP contribution in [0, 0.1) is 6.92 Å². The average molecular weight is 336 g/mol. The molecule has 7 nitrogen and oxygen atoms in total. The minimum absolute atomic E-state index is 0.662. The van der Waals surface area contributed by atoms with Gasteiger partial charge in [-0.25, -0.2) is 0 Å². The van der Waals surface area contributed by atoms with Crippen LogP contribution in [0.5, 0.6) is 0 Å². The third-order valence-corrected chi connectivity index (χ3v) is 4.42. The molecule has 1 fully saturated rings. The predicted molar refractivity (Wildman–Crippen MR) is 96.2 cm³/mol. The summed E-state index contributed by atoms with van der Waals surface area (Å²) < 4.78 is 5.12. The first-order valence-electron chi connectivity index (χ1n) is 9.28. The van der Waals surface area contributed by atoms with Crippen molar-refractivity contribution in [2.45, 2.75) is 58.9 Å². The SMILES string of the molecule is CCNC(=NCCN1CCCCC1CC)NCCc1nc(C)no1. The molecule has 2 heterocycles. The molecular formula is C17H32N6O. The maximum Gasteiger partial charge on any atom is 0.228 e. The summed E-state index contributed by atoms with van der Waals surface area (Å²) in [5.41, 5.74) is 0. The summed E-state index contributed by atoms with van der Waals surface area (Å²) in [7, 11) is 0. The number of likely N-dealkylation sites (tertiary alicyclic amines) is 1. The quantitative estimate of drug-likeness (QED) is 0.556. The van der Waals surface area contributed by atoms with Gasteiger partial charge in [-0.15, -0.1) is 0 Å². The lowest BCUT2D eigenvalue weighted by molar-refractivity contribution is 0.148. The van der Waals surface area contributed by atoms with Gasteiger partial charge in [-0.3, -0.25) is 9.89 Å². The largest absolute Gasteiger partial charge is 0.357 e. The molecule has 136 valence electrons. The molecule has 1 aliphatic rings. The highest BCUT2D eigenvalue weighted by molar-refractivity contribution is 5.79. The van der Waals surface area contributed by atoms with E-state index in [0.29, 0.717) is 18.1 Å². The van der Waals surface area contributed by atoms with E-state index in [1.807, 2.05) is 6.92 Å². The summed E-state index contributed by atoms with van der Waals surface area (Å²) >= 11 is 0. The van der Waals surface area contributed by atoms with Crippen LogP contribution in [0.3, 0.4) is 0 Å².